The third-order valence-corrected chi connectivity index (χ3v) is 3.30. The highest BCUT2D eigenvalue weighted by atomic mass is 35.5. The van der Waals surface area contributed by atoms with Crippen molar-refractivity contribution in [3.63, 3.8) is 0 Å². The molecular formula is C13H16ClN3O2. The van der Waals surface area contributed by atoms with Crippen LogP contribution >= 0.6 is 11.6 Å². The first-order chi connectivity index (χ1) is 8.86. The molecule has 0 spiro atoms. The quantitative estimate of drug-likeness (QED) is 0.849. The van der Waals surface area contributed by atoms with Crippen molar-refractivity contribution in [1.82, 2.24) is 14.1 Å². The average Bonchev–Trinajstić information content (AvgIpc) is 2.27. The van der Waals surface area contributed by atoms with Crippen LogP contribution in [-0.4, -0.2) is 14.1 Å². The molecule has 6 heteroatoms. The fraction of sp³-hybridized carbons (Fsp3) is 0.462. The highest BCUT2D eigenvalue weighted by Crippen LogP contribution is 2.19. The second-order valence-corrected chi connectivity index (χ2v) is 5.41. The van der Waals surface area contributed by atoms with Crippen molar-refractivity contribution in [2.75, 3.05) is 0 Å². The Morgan fingerprint density at radius 1 is 1.11 bits per heavy atom. The van der Waals surface area contributed by atoms with Crippen LogP contribution in [0.1, 0.15) is 39.8 Å². The molecule has 0 aliphatic rings. The fourth-order valence-corrected chi connectivity index (χ4v) is 2.36. The van der Waals surface area contributed by atoms with Gasteiger partial charge in [-0.2, -0.15) is 0 Å². The molecule has 0 bridgehead atoms. The smallest absolute Gasteiger partial charge is 0.275 e. The summed E-state index contributed by atoms with van der Waals surface area (Å²) in [6, 6.07) is 1.22. The van der Waals surface area contributed by atoms with Gasteiger partial charge in [0.1, 0.15) is 5.39 Å². The van der Waals surface area contributed by atoms with Crippen molar-refractivity contribution < 1.29 is 0 Å². The number of hydrogen-bond acceptors (Lipinski definition) is 3. The Bertz CT molecular complexity index is 744. The lowest BCUT2D eigenvalue weighted by molar-refractivity contribution is 0.486. The Morgan fingerprint density at radius 3 is 2.21 bits per heavy atom. The van der Waals surface area contributed by atoms with Gasteiger partial charge in [-0.25, -0.2) is 9.78 Å². The van der Waals surface area contributed by atoms with Crippen molar-refractivity contribution in [1.29, 1.82) is 0 Å². The van der Waals surface area contributed by atoms with E-state index in [9.17, 15) is 9.59 Å². The standard InChI is InChI=1S/C13H16ClN3O2/c1-7(2)16-11-10(9(14)5-6-15-11)12(18)17(8(3)4)13(16)19/h5-8H,1-4H3. The van der Waals surface area contributed by atoms with Gasteiger partial charge in [0.2, 0.25) is 0 Å². The van der Waals surface area contributed by atoms with Crippen molar-refractivity contribution in [3.8, 4) is 0 Å². The zero-order valence-electron chi connectivity index (χ0n) is 11.3. The summed E-state index contributed by atoms with van der Waals surface area (Å²) in [5, 5.41) is 0.616. The first-order valence-electron chi connectivity index (χ1n) is 6.17. The summed E-state index contributed by atoms with van der Waals surface area (Å²) in [5.74, 6) is 0. The van der Waals surface area contributed by atoms with E-state index in [0.717, 1.165) is 0 Å². The van der Waals surface area contributed by atoms with Crippen molar-refractivity contribution in [3.05, 3.63) is 38.1 Å². The lowest BCUT2D eigenvalue weighted by Crippen LogP contribution is -2.42. The molecule has 0 amide bonds. The van der Waals surface area contributed by atoms with Gasteiger partial charge in [0.25, 0.3) is 5.56 Å². The number of fused-ring (bicyclic) bond motifs is 1. The van der Waals surface area contributed by atoms with Crippen LogP contribution in [0.5, 0.6) is 0 Å². The van der Waals surface area contributed by atoms with Gasteiger partial charge in [-0.1, -0.05) is 11.6 Å². The van der Waals surface area contributed by atoms with Crippen LogP contribution in [0.3, 0.4) is 0 Å². The summed E-state index contributed by atoms with van der Waals surface area (Å²) in [4.78, 5) is 29.0. The Balaban J connectivity index is 3.14. The van der Waals surface area contributed by atoms with E-state index in [1.165, 1.54) is 15.3 Å². The molecule has 0 saturated carbocycles. The first kappa shape index (κ1) is 13.8. The lowest BCUT2D eigenvalue weighted by Gasteiger charge is -2.18. The number of pyridine rings is 1. The SMILES string of the molecule is CC(C)n1c(=O)c2c(Cl)ccnc2n(C(C)C)c1=O. The maximum atomic E-state index is 12.4. The minimum atomic E-state index is -0.384. The highest BCUT2D eigenvalue weighted by molar-refractivity contribution is 6.35. The van der Waals surface area contributed by atoms with Crippen LogP contribution in [0, 0.1) is 0 Å². The van der Waals surface area contributed by atoms with Gasteiger partial charge in [0, 0.05) is 18.3 Å². The Labute approximate surface area is 115 Å². The van der Waals surface area contributed by atoms with Crippen LogP contribution in [0.15, 0.2) is 21.9 Å². The fourth-order valence-electron chi connectivity index (χ4n) is 2.14. The highest BCUT2D eigenvalue weighted by Gasteiger charge is 2.19. The van der Waals surface area contributed by atoms with Crippen LogP contribution in [0.2, 0.25) is 5.02 Å². The van der Waals surface area contributed by atoms with Crippen molar-refractivity contribution in [2.45, 2.75) is 39.8 Å². The summed E-state index contributed by atoms with van der Waals surface area (Å²) in [7, 11) is 0. The zero-order valence-corrected chi connectivity index (χ0v) is 12.1. The summed E-state index contributed by atoms with van der Waals surface area (Å²) >= 11 is 6.10. The minimum absolute atomic E-state index is 0.105. The molecule has 2 aromatic heterocycles. The second-order valence-electron chi connectivity index (χ2n) is 5.01. The van der Waals surface area contributed by atoms with Gasteiger partial charge < -0.3 is 0 Å². The van der Waals surface area contributed by atoms with Gasteiger partial charge in [0.05, 0.1) is 5.02 Å². The average molecular weight is 282 g/mol. The Hall–Kier alpha value is -1.62. The van der Waals surface area contributed by atoms with Gasteiger partial charge in [0.15, 0.2) is 5.65 Å². The summed E-state index contributed by atoms with van der Waals surface area (Å²) in [6.45, 7) is 7.34. The first-order valence-corrected chi connectivity index (χ1v) is 6.55. The molecule has 0 aromatic carbocycles. The zero-order chi connectivity index (χ0) is 14.3. The molecule has 19 heavy (non-hydrogen) atoms. The molecule has 0 fully saturated rings. The molecular weight excluding hydrogens is 266 g/mol. The summed E-state index contributed by atoms with van der Waals surface area (Å²) < 4.78 is 2.72. The van der Waals surface area contributed by atoms with Gasteiger partial charge in [-0.15, -0.1) is 0 Å². The molecule has 0 atom stereocenters. The third kappa shape index (κ3) is 2.08. The summed E-state index contributed by atoms with van der Waals surface area (Å²) in [6.07, 6.45) is 1.50. The maximum Gasteiger partial charge on any atom is 0.333 e. The van der Waals surface area contributed by atoms with Crippen molar-refractivity contribution >= 4 is 22.6 Å². The van der Waals surface area contributed by atoms with E-state index in [4.69, 9.17) is 11.6 Å². The number of rotatable bonds is 2. The van der Waals surface area contributed by atoms with E-state index in [1.807, 2.05) is 13.8 Å². The number of nitrogens with zero attached hydrogens (tertiary/aromatic N) is 3. The molecule has 2 aromatic rings. The van der Waals surface area contributed by atoms with Crippen LogP contribution in [-0.2, 0) is 0 Å². The topological polar surface area (TPSA) is 56.9 Å². The van der Waals surface area contributed by atoms with E-state index in [1.54, 1.807) is 19.9 Å². The second kappa shape index (κ2) is 4.81. The molecule has 0 aliphatic heterocycles. The van der Waals surface area contributed by atoms with E-state index >= 15 is 0 Å². The third-order valence-electron chi connectivity index (χ3n) is 2.99. The predicted octanol–water partition coefficient (Wildman–Crippen LogP) is 2.37. The number of hydrogen-bond donors (Lipinski definition) is 0. The number of aromatic nitrogens is 3. The van der Waals surface area contributed by atoms with Crippen molar-refractivity contribution in [2.24, 2.45) is 0 Å². The number of halogens is 1. The predicted molar refractivity (Wildman–Crippen MR) is 76.0 cm³/mol. The van der Waals surface area contributed by atoms with E-state index in [0.29, 0.717) is 16.1 Å². The largest absolute Gasteiger partial charge is 0.333 e. The normalized spacial score (nSPS) is 11.7. The van der Waals surface area contributed by atoms with E-state index in [-0.39, 0.29) is 23.3 Å². The van der Waals surface area contributed by atoms with Gasteiger partial charge in [-0.3, -0.25) is 13.9 Å². The Morgan fingerprint density at radius 2 is 1.68 bits per heavy atom. The Kier molecular flexibility index (Phi) is 3.49. The molecule has 0 aliphatic carbocycles. The molecule has 2 rings (SSSR count). The van der Waals surface area contributed by atoms with Crippen LogP contribution in [0.4, 0.5) is 0 Å². The minimum Gasteiger partial charge on any atom is -0.275 e. The molecule has 0 radical (unpaired) electrons. The molecule has 102 valence electrons. The van der Waals surface area contributed by atoms with Crippen LogP contribution in [0.25, 0.3) is 11.0 Å². The molecule has 5 nitrogen and oxygen atoms in total. The monoisotopic (exact) mass is 281 g/mol. The van der Waals surface area contributed by atoms with E-state index in [2.05, 4.69) is 4.98 Å². The molecule has 0 N–H and O–H groups in total. The maximum absolute atomic E-state index is 12.4. The molecule has 2 heterocycles. The van der Waals surface area contributed by atoms with Gasteiger partial charge >= 0.3 is 5.69 Å². The molecule has 0 unspecified atom stereocenters. The van der Waals surface area contributed by atoms with Gasteiger partial charge in [-0.05, 0) is 33.8 Å². The van der Waals surface area contributed by atoms with Crippen LogP contribution < -0.4 is 11.2 Å². The lowest BCUT2D eigenvalue weighted by atomic mass is 10.2. The summed E-state index contributed by atoms with van der Waals surface area (Å²) in [5.41, 5.74) is -0.392. The van der Waals surface area contributed by atoms with E-state index < -0.39 is 0 Å². The molecule has 0 saturated heterocycles.